The molecule has 0 spiro atoms. The summed E-state index contributed by atoms with van der Waals surface area (Å²) in [4.78, 5) is 28.2. The Morgan fingerprint density at radius 3 is 2.18 bits per heavy atom. The zero-order valence-corrected chi connectivity index (χ0v) is 17.2. The third-order valence-corrected chi connectivity index (χ3v) is 5.55. The number of nitrogens with zero attached hydrogens (tertiary/aromatic N) is 2. The molecule has 6 heteroatoms. The Morgan fingerprint density at radius 1 is 0.929 bits per heavy atom. The number of likely N-dealkylation sites (tertiary alicyclic amines) is 2. The van der Waals surface area contributed by atoms with E-state index in [1.165, 1.54) is 0 Å². The van der Waals surface area contributed by atoms with Gasteiger partial charge in [0.2, 0.25) is 0 Å². The Kier molecular flexibility index (Phi) is 6.47. The number of carbonyl (C=O) groups excluding carboxylic acids is 2. The summed E-state index contributed by atoms with van der Waals surface area (Å²) in [5, 5.41) is 0. The van der Waals surface area contributed by atoms with Crippen LogP contribution >= 0.6 is 0 Å². The molecule has 0 saturated carbocycles. The second-order valence-corrected chi connectivity index (χ2v) is 8.84. The highest BCUT2D eigenvalue weighted by Crippen LogP contribution is 2.32. The number of ether oxygens (including phenoxy) is 2. The van der Waals surface area contributed by atoms with E-state index in [9.17, 15) is 9.59 Å². The molecule has 0 N–H and O–H groups in total. The summed E-state index contributed by atoms with van der Waals surface area (Å²) < 4.78 is 10.9. The lowest BCUT2D eigenvalue weighted by molar-refractivity contribution is 0.0161. The number of hydrogen-bond donors (Lipinski definition) is 0. The summed E-state index contributed by atoms with van der Waals surface area (Å²) >= 11 is 0. The van der Waals surface area contributed by atoms with Gasteiger partial charge in [0.25, 0.3) is 0 Å². The van der Waals surface area contributed by atoms with Crippen LogP contribution in [-0.2, 0) is 16.1 Å². The number of carbonyl (C=O) groups is 2. The Labute approximate surface area is 167 Å². The zero-order valence-electron chi connectivity index (χ0n) is 17.2. The predicted octanol–water partition coefficient (Wildman–Crippen LogP) is 4.29. The smallest absolute Gasteiger partial charge is 0.410 e. The van der Waals surface area contributed by atoms with Crippen molar-refractivity contribution in [1.29, 1.82) is 0 Å². The number of amides is 2. The van der Waals surface area contributed by atoms with Crippen LogP contribution in [0.3, 0.4) is 0 Å². The van der Waals surface area contributed by atoms with Crippen LogP contribution in [0.5, 0.6) is 0 Å². The van der Waals surface area contributed by atoms with E-state index in [1.54, 1.807) is 0 Å². The van der Waals surface area contributed by atoms with Gasteiger partial charge in [-0.3, -0.25) is 0 Å². The van der Waals surface area contributed by atoms with Crippen LogP contribution in [0.25, 0.3) is 0 Å². The molecule has 1 aromatic carbocycles. The van der Waals surface area contributed by atoms with Gasteiger partial charge >= 0.3 is 12.2 Å². The minimum atomic E-state index is -0.458. The van der Waals surface area contributed by atoms with Crippen molar-refractivity contribution in [2.45, 2.75) is 52.2 Å². The van der Waals surface area contributed by atoms with E-state index in [1.807, 2.05) is 60.9 Å². The van der Waals surface area contributed by atoms with E-state index in [4.69, 9.17) is 9.47 Å². The molecule has 2 aliphatic rings. The SMILES string of the molecule is CC(C)(C)OC(=O)N1CCC(C2CCN(C(=O)OCc3ccccc3)C2)CC1. The minimum absolute atomic E-state index is 0.219. The lowest BCUT2D eigenvalue weighted by Crippen LogP contribution is -2.43. The third-order valence-electron chi connectivity index (χ3n) is 5.55. The molecule has 0 bridgehead atoms. The summed E-state index contributed by atoms with van der Waals surface area (Å²) in [5.41, 5.74) is 0.543. The fourth-order valence-corrected chi connectivity index (χ4v) is 4.03. The Hall–Kier alpha value is -2.24. The number of hydrogen-bond acceptors (Lipinski definition) is 4. The molecule has 2 fully saturated rings. The lowest BCUT2D eigenvalue weighted by Gasteiger charge is -2.35. The topological polar surface area (TPSA) is 59.1 Å². The second-order valence-electron chi connectivity index (χ2n) is 8.84. The molecule has 2 saturated heterocycles. The van der Waals surface area contributed by atoms with Crippen LogP contribution in [0, 0.1) is 11.8 Å². The van der Waals surface area contributed by atoms with Gasteiger partial charge in [0, 0.05) is 26.2 Å². The van der Waals surface area contributed by atoms with Crippen molar-refractivity contribution in [2.24, 2.45) is 11.8 Å². The lowest BCUT2D eigenvalue weighted by atomic mass is 9.84. The Morgan fingerprint density at radius 2 is 1.54 bits per heavy atom. The van der Waals surface area contributed by atoms with Crippen molar-refractivity contribution in [3.63, 3.8) is 0 Å². The molecule has 2 aliphatic heterocycles. The molecule has 1 aromatic rings. The first-order valence-electron chi connectivity index (χ1n) is 10.3. The molecule has 2 heterocycles. The normalized spacial score (nSPS) is 20.9. The van der Waals surface area contributed by atoms with Gasteiger partial charge in [-0.15, -0.1) is 0 Å². The summed E-state index contributed by atoms with van der Waals surface area (Å²) in [6, 6.07) is 9.75. The zero-order chi connectivity index (χ0) is 20.1. The molecule has 3 rings (SSSR count). The van der Waals surface area contributed by atoms with Gasteiger partial charge in [-0.1, -0.05) is 30.3 Å². The molecule has 2 amide bonds. The van der Waals surface area contributed by atoms with Crippen LogP contribution in [-0.4, -0.2) is 53.8 Å². The first kappa shape index (κ1) is 20.5. The molecular weight excluding hydrogens is 356 g/mol. The highest BCUT2D eigenvalue weighted by molar-refractivity contribution is 5.68. The molecule has 6 nitrogen and oxygen atoms in total. The van der Waals surface area contributed by atoms with Crippen LogP contribution in [0.15, 0.2) is 30.3 Å². The quantitative estimate of drug-likeness (QED) is 0.775. The molecule has 0 aromatic heterocycles. The highest BCUT2D eigenvalue weighted by atomic mass is 16.6. The van der Waals surface area contributed by atoms with E-state index >= 15 is 0 Å². The summed E-state index contributed by atoms with van der Waals surface area (Å²) in [6.07, 6.45) is 2.51. The van der Waals surface area contributed by atoms with E-state index < -0.39 is 5.60 Å². The molecular formula is C22H32N2O4. The summed E-state index contributed by atoms with van der Waals surface area (Å²) in [7, 11) is 0. The first-order valence-corrected chi connectivity index (χ1v) is 10.3. The van der Waals surface area contributed by atoms with Crippen LogP contribution in [0.2, 0.25) is 0 Å². The number of rotatable bonds is 3. The van der Waals surface area contributed by atoms with Crippen molar-refractivity contribution in [2.75, 3.05) is 26.2 Å². The van der Waals surface area contributed by atoms with Gasteiger partial charge in [0.15, 0.2) is 0 Å². The van der Waals surface area contributed by atoms with E-state index in [-0.39, 0.29) is 12.2 Å². The second kappa shape index (κ2) is 8.84. The van der Waals surface area contributed by atoms with Crippen molar-refractivity contribution < 1.29 is 19.1 Å². The first-order chi connectivity index (χ1) is 13.3. The number of benzene rings is 1. The minimum Gasteiger partial charge on any atom is -0.445 e. The van der Waals surface area contributed by atoms with Gasteiger partial charge in [-0.05, 0) is 57.4 Å². The van der Waals surface area contributed by atoms with E-state index in [0.29, 0.717) is 18.4 Å². The van der Waals surface area contributed by atoms with Crippen molar-refractivity contribution >= 4 is 12.2 Å². The Balaban J connectivity index is 1.41. The van der Waals surface area contributed by atoms with Gasteiger partial charge in [-0.2, -0.15) is 0 Å². The van der Waals surface area contributed by atoms with Crippen molar-refractivity contribution in [3.8, 4) is 0 Å². The Bertz CT molecular complexity index is 663. The molecule has 0 aliphatic carbocycles. The maximum atomic E-state index is 12.4. The largest absolute Gasteiger partial charge is 0.445 e. The third kappa shape index (κ3) is 5.63. The molecule has 154 valence electrons. The molecule has 0 radical (unpaired) electrons. The van der Waals surface area contributed by atoms with Gasteiger partial charge in [0.1, 0.15) is 12.2 Å². The number of piperidine rings is 1. The maximum Gasteiger partial charge on any atom is 0.410 e. The summed E-state index contributed by atoms with van der Waals surface area (Å²) in [5.74, 6) is 1.04. The van der Waals surface area contributed by atoms with Crippen LogP contribution in [0.4, 0.5) is 9.59 Å². The van der Waals surface area contributed by atoms with Crippen LogP contribution < -0.4 is 0 Å². The highest BCUT2D eigenvalue weighted by Gasteiger charge is 2.35. The van der Waals surface area contributed by atoms with Gasteiger partial charge in [0.05, 0.1) is 0 Å². The fourth-order valence-electron chi connectivity index (χ4n) is 4.03. The van der Waals surface area contributed by atoms with Gasteiger partial charge in [-0.25, -0.2) is 9.59 Å². The van der Waals surface area contributed by atoms with Gasteiger partial charge < -0.3 is 19.3 Å². The molecule has 28 heavy (non-hydrogen) atoms. The summed E-state index contributed by atoms with van der Waals surface area (Å²) in [6.45, 7) is 8.96. The maximum absolute atomic E-state index is 12.4. The predicted molar refractivity (Wildman–Crippen MR) is 107 cm³/mol. The van der Waals surface area contributed by atoms with Crippen molar-refractivity contribution in [1.82, 2.24) is 9.80 Å². The van der Waals surface area contributed by atoms with E-state index in [0.717, 1.165) is 51.0 Å². The van der Waals surface area contributed by atoms with E-state index in [2.05, 4.69) is 0 Å². The average Bonchev–Trinajstić information content (AvgIpc) is 3.16. The van der Waals surface area contributed by atoms with Crippen molar-refractivity contribution in [3.05, 3.63) is 35.9 Å². The monoisotopic (exact) mass is 388 g/mol. The molecule has 1 atom stereocenters. The molecule has 1 unspecified atom stereocenters. The van der Waals surface area contributed by atoms with Crippen LogP contribution in [0.1, 0.15) is 45.6 Å². The fraction of sp³-hybridized carbons (Fsp3) is 0.636. The standard InChI is InChI=1S/C22H32N2O4/c1-22(2,3)28-21(26)23-12-9-18(10-13-23)19-11-14-24(15-19)20(25)27-16-17-7-5-4-6-8-17/h4-8,18-19H,9-16H2,1-3H3. The average molecular weight is 389 g/mol.